The predicted octanol–water partition coefficient (Wildman–Crippen LogP) is 3.03. The minimum absolute atomic E-state index is 0.0118. The Morgan fingerprint density at radius 2 is 1.73 bits per heavy atom. The number of carbonyl (C=O) groups is 3. The minimum Gasteiger partial charge on any atom is -0.393 e. The maximum atomic E-state index is 13.8. The third kappa shape index (κ3) is 7.28. The molecule has 6 fully saturated rings. The van der Waals surface area contributed by atoms with Crippen molar-refractivity contribution in [2.24, 2.45) is 5.92 Å². The molecule has 3 saturated heterocycles. The van der Waals surface area contributed by atoms with Crippen LogP contribution in [0.25, 0.3) is 10.9 Å². The van der Waals surface area contributed by atoms with E-state index in [9.17, 15) is 27.9 Å². The number of aromatic nitrogens is 6. The van der Waals surface area contributed by atoms with Crippen molar-refractivity contribution in [3.8, 4) is 0 Å². The SMILES string of the molecule is Cc1nn(C2CCC(=O)NC2=O)c2ccc(N3CCN(CC4CC(n5cc(S(=O)(=O)N6CCC(Nc7ncc8c(n7)N(C7CCC[C@@H](O)C7)C(=O)C87CC7)CC6)cn5)C4)CC3)cc12. The number of rotatable bonds is 10. The van der Waals surface area contributed by atoms with Crippen LogP contribution in [0.4, 0.5) is 17.5 Å². The number of amides is 3. The average molecular weight is 881 g/mol. The number of sulfonamides is 1. The molecule has 1 aromatic carbocycles. The number of hydrogen-bond acceptors (Lipinski definition) is 13. The highest BCUT2D eigenvalue weighted by molar-refractivity contribution is 7.89. The van der Waals surface area contributed by atoms with E-state index in [4.69, 9.17) is 10.1 Å². The standard InChI is InChI=1S/C44H56N12O6S/c1-27-35-22-30(5-6-37(35)56(50-27)38-7-8-39(58)48-41(38)59)52-17-15-51(16-18-52)25-28-19-32(20-28)54-26-34(23-46-54)63(61,62)53-13-9-29(10-14-53)47-43-45-24-36-40(49-43)55(42(60)44(36)11-12-44)31-3-2-4-33(57)21-31/h5-6,22-24,26,28-29,31-33,38,57H,2-4,7-21,25H2,1H3,(H,45,47,49)(H,48,58,59)/t28?,31?,32?,33-,38?/m1/s1. The Morgan fingerprint density at radius 1 is 0.937 bits per heavy atom. The Kier molecular flexibility index (Phi) is 10.1. The number of piperazine rings is 1. The van der Waals surface area contributed by atoms with Gasteiger partial charge in [-0.15, -0.1) is 0 Å². The van der Waals surface area contributed by atoms with Crippen LogP contribution >= 0.6 is 0 Å². The number of fused-ring (bicyclic) bond motifs is 3. The highest BCUT2D eigenvalue weighted by Crippen LogP contribution is 2.57. The molecule has 3 aromatic heterocycles. The molecule has 18 nitrogen and oxygen atoms in total. The summed E-state index contributed by atoms with van der Waals surface area (Å²) in [4.78, 5) is 54.4. The molecule has 4 aromatic rings. The summed E-state index contributed by atoms with van der Waals surface area (Å²) in [5.41, 5.74) is 3.30. The van der Waals surface area contributed by atoms with Crippen LogP contribution in [0.5, 0.6) is 0 Å². The molecule has 63 heavy (non-hydrogen) atoms. The van der Waals surface area contributed by atoms with Crippen molar-refractivity contribution in [1.82, 2.24) is 44.1 Å². The summed E-state index contributed by atoms with van der Waals surface area (Å²) in [5, 5.41) is 26.5. The molecule has 3 atom stereocenters. The molecule has 7 heterocycles. The van der Waals surface area contributed by atoms with E-state index in [0.717, 1.165) is 106 Å². The third-order valence-corrected chi connectivity index (χ3v) is 16.9. The summed E-state index contributed by atoms with van der Waals surface area (Å²) in [6.07, 6.45) is 13.2. The van der Waals surface area contributed by atoms with Crippen molar-refractivity contribution in [2.45, 2.75) is 125 Å². The predicted molar refractivity (Wildman–Crippen MR) is 233 cm³/mol. The fourth-order valence-corrected chi connectivity index (χ4v) is 12.6. The number of nitrogens with one attached hydrogen (secondary N) is 2. The van der Waals surface area contributed by atoms with Crippen LogP contribution in [-0.2, 0) is 29.8 Å². The van der Waals surface area contributed by atoms with E-state index < -0.39 is 27.6 Å². The van der Waals surface area contributed by atoms with Gasteiger partial charge in [-0.2, -0.15) is 19.5 Å². The highest BCUT2D eigenvalue weighted by Gasteiger charge is 2.61. The lowest BCUT2D eigenvalue weighted by atomic mass is 9.80. The van der Waals surface area contributed by atoms with Crippen molar-refractivity contribution in [1.29, 1.82) is 0 Å². The molecular formula is C44H56N12O6S. The van der Waals surface area contributed by atoms with Crippen LogP contribution in [0.3, 0.4) is 0 Å². The zero-order valence-electron chi connectivity index (χ0n) is 35.7. The molecule has 4 aliphatic heterocycles. The fourth-order valence-electron chi connectivity index (χ4n) is 11.2. The first kappa shape index (κ1) is 40.8. The van der Waals surface area contributed by atoms with E-state index in [2.05, 4.69) is 42.6 Å². The van der Waals surface area contributed by atoms with Gasteiger partial charge >= 0.3 is 0 Å². The number of aryl methyl sites for hydroxylation is 1. The van der Waals surface area contributed by atoms with Gasteiger partial charge in [0.15, 0.2) is 0 Å². The largest absolute Gasteiger partial charge is 0.393 e. The first-order valence-corrected chi connectivity index (χ1v) is 24.4. The summed E-state index contributed by atoms with van der Waals surface area (Å²) in [5.74, 6) is 1.22. The lowest BCUT2D eigenvalue weighted by Gasteiger charge is -2.42. The molecule has 19 heteroatoms. The quantitative estimate of drug-likeness (QED) is 0.196. The van der Waals surface area contributed by atoms with Crippen LogP contribution in [0.15, 0.2) is 41.7 Å². The van der Waals surface area contributed by atoms with Gasteiger partial charge in [0.2, 0.25) is 27.8 Å². The molecule has 7 aliphatic rings. The summed E-state index contributed by atoms with van der Waals surface area (Å²) >= 11 is 0. The first-order chi connectivity index (χ1) is 30.4. The topological polar surface area (TPSA) is 204 Å². The number of benzene rings is 1. The molecule has 334 valence electrons. The highest BCUT2D eigenvalue weighted by atomic mass is 32.2. The Labute approximate surface area is 366 Å². The summed E-state index contributed by atoms with van der Waals surface area (Å²) < 4.78 is 32.7. The fraction of sp³-hybridized carbons (Fsp3) is 0.614. The van der Waals surface area contributed by atoms with Crippen molar-refractivity contribution < 1.29 is 27.9 Å². The smallest absolute Gasteiger partial charge is 0.251 e. The molecule has 3 amide bonds. The van der Waals surface area contributed by atoms with Gasteiger partial charge in [-0.25, -0.2) is 13.4 Å². The number of carbonyl (C=O) groups excluding carboxylic acids is 3. The van der Waals surface area contributed by atoms with Gasteiger partial charge in [0.25, 0.3) is 5.91 Å². The summed E-state index contributed by atoms with van der Waals surface area (Å²) in [6, 6.07) is 5.94. The Morgan fingerprint density at radius 3 is 2.48 bits per heavy atom. The van der Waals surface area contributed by atoms with E-state index in [1.807, 2.05) is 22.6 Å². The number of nitrogens with zero attached hydrogens (tertiary/aromatic N) is 10. The van der Waals surface area contributed by atoms with Gasteiger partial charge < -0.3 is 15.3 Å². The molecule has 11 rings (SSSR count). The number of aliphatic hydroxyl groups is 1. The summed E-state index contributed by atoms with van der Waals surface area (Å²) in [6.45, 7) is 7.43. The molecule has 2 unspecified atom stereocenters. The molecule has 3 N–H and O–H groups in total. The number of imide groups is 1. The summed E-state index contributed by atoms with van der Waals surface area (Å²) in [7, 11) is -3.71. The average Bonchev–Trinajstić information content (AvgIpc) is 3.70. The normalized spacial score (nSPS) is 28.1. The van der Waals surface area contributed by atoms with Crippen LogP contribution in [0.1, 0.15) is 100 Å². The van der Waals surface area contributed by atoms with Gasteiger partial charge in [0.1, 0.15) is 16.8 Å². The number of piperidine rings is 2. The monoisotopic (exact) mass is 880 g/mol. The van der Waals surface area contributed by atoms with Gasteiger partial charge in [0.05, 0.1) is 35.0 Å². The van der Waals surface area contributed by atoms with Crippen molar-refractivity contribution >= 4 is 56.1 Å². The van der Waals surface area contributed by atoms with E-state index in [0.29, 0.717) is 62.9 Å². The Hall–Kier alpha value is -4.98. The van der Waals surface area contributed by atoms with Gasteiger partial charge in [0, 0.05) is 93.3 Å². The zero-order chi connectivity index (χ0) is 43.2. The van der Waals surface area contributed by atoms with E-state index in [1.165, 1.54) is 6.20 Å². The van der Waals surface area contributed by atoms with Gasteiger partial charge in [-0.3, -0.25) is 38.9 Å². The third-order valence-electron chi connectivity index (χ3n) is 15.1. The molecular weight excluding hydrogens is 825 g/mol. The number of anilines is 3. The van der Waals surface area contributed by atoms with E-state index >= 15 is 0 Å². The zero-order valence-corrected chi connectivity index (χ0v) is 36.5. The molecule has 3 saturated carbocycles. The molecule has 0 radical (unpaired) electrons. The minimum atomic E-state index is -3.71. The van der Waals surface area contributed by atoms with Crippen molar-refractivity contribution in [2.75, 3.05) is 60.9 Å². The molecule has 3 aliphatic carbocycles. The number of aliphatic hydroxyl groups excluding tert-OH is 1. The lowest BCUT2D eigenvalue weighted by Crippen LogP contribution is -2.49. The maximum absolute atomic E-state index is 13.8. The van der Waals surface area contributed by atoms with Crippen LogP contribution < -0.4 is 20.4 Å². The van der Waals surface area contributed by atoms with Gasteiger partial charge in [-0.05, 0) is 102 Å². The Bertz CT molecular complexity index is 2570. The maximum Gasteiger partial charge on any atom is 0.251 e. The lowest BCUT2D eigenvalue weighted by molar-refractivity contribution is -0.136. The first-order valence-electron chi connectivity index (χ1n) is 22.9. The van der Waals surface area contributed by atoms with Crippen molar-refractivity contribution in [3.05, 3.63) is 48.0 Å². The van der Waals surface area contributed by atoms with Crippen LogP contribution in [0.2, 0.25) is 0 Å². The Balaban J connectivity index is 0.648. The second-order valence-corrected chi connectivity index (χ2v) is 21.1. The van der Waals surface area contributed by atoms with Gasteiger partial charge in [-0.1, -0.05) is 0 Å². The second-order valence-electron chi connectivity index (χ2n) is 19.1. The van der Waals surface area contributed by atoms with Crippen molar-refractivity contribution in [3.63, 3.8) is 0 Å². The van der Waals surface area contributed by atoms with Crippen LogP contribution in [0, 0.1) is 12.8 Å². The van der Waals surface area contributed by atoms with E-state index in [1.54, 1.807) is 21.4 Å². The second kappa shape index (κ2) is 15.6. The number of hydrogen-bond donors (Lipinski definition) is 3. The van der Waals surface area contributed by atoms with Crippen LogP contribution in [-0.4, -0.2) is 134 Å². The molecule has 1 spiro atoms. The molecule has 0 bridgehead atoms. The van der Waals surface area contributed by atoms with E-state index in [-0.39, 0.29) is 40.7 Å².